The molecule has 128 valence electrons. The van der Waals surface area contributed by atoms with Crippen molar-refractivity contribution < 1.29 is 9.18 Å². The molecular formula is C18H16ClFN4O. The molecule has 1 atom stereocenters. The van der Waals surface area contributed by atoms with Gasteiger partial charge in [-0.3, -0.25) is 9.78 Å². The number of nitrogens with zero attached hydrogens (tertiary/aromatic N) is 4. The minimum absolute atomic E-state index is 0.0565. The summed E-state index contributed by atoms with van der Waals surface area (Å²) in [5.41, 5.74) is 1.79. The van der Waals surface area contributed by atoms with Gasteiger partial charge in [-0.1, -0.05) is 17.7 Å². The van der Waals surface area contributed by atoms with Crippen LogP contribution in [0, 0.1) is 5.82 Å². The van der Waals surface area contributed by atoms with Gasteiger partial charge in [0.1, 0.15) is 11.6 Å². The Kier molecular flexibility index (Phi) is 3.92. The largest absolute Gasteiger partial charge is 0.338 e. The lowest BCUT2D eigenvalue weighted by molar-refractivity contribution is 0.0786. The first-order valence-corrected chi connectivity index (χ1v) is 8.43. The molecule has 25 heavy (non-hydrogen) atoms. The van der Waals surface area contributed by atoms with E-state index in [0.29, 0.717) is 13.1 Å². The number of hydrogen-bond acceptors (Lipinski definition) is 3. The van der Waals surface area contributed by atoms with Crippen molar-refractivity contribution in [3.63, 3.8) is 0 Å². The standard InChI is InChI=1S/C18H16ClFN4O/c1-23-15-9-21-7-5-14(15)22-17(23)11-6-8-24(10-11)18(25)16-12(19)3-2-4-13(16)20/h2-5,7,9,11H,6,8,10H2,1H3/t11-/m0/s1. The normalized spacial score (nSPS) is 17.4. The van der Waals surface area contributed by atoms with E-state index in [4.69, 9.17) is 11.6 Å². The molecule has 0 bridgehead atoms. The van der Waals surface area contributed by atoms with Crippen LogP contribution in [0.4, 0.5) is 4.39 Å². The van der Waals surface area contributed by atoms with E-state index in [9.17, 15) is 9.18 Å². The highest BCUT2D eigenvalue weighted by atomic mass is 35.5. The molecule has 1 aliphatic heterocycles. The molecular weight excluding hydrogens is 343 g/mol. The van der Waals surface area contributed by atoms with Gasteiger partial charge in [-0.15, -0.1) is 0 Å². The Morgan fingerprint density at radius 2 is 2.20 bits per heavy atom. The molecule has 1 amide bonds. The van der Waals surface area contributed by atoms with Crippen molar-refractivity contribution in [3.8, 4) is 0 Å². The van der Waals surface area contributed by atoms with Crippen molar-refractivity contribution in [2.75, 3.05) is 13.1 Å². The molecule has 1 aromatic carbocycles. The maximum atomic E-state index is 14.0. The van der Waals surface area contributed by atoms with Crippen LogP contribution in [0.5, 0.6) is 0 Å². The molecule has 7 heteroatoms. The molecule has 1 saturated heterocycles. The zero-order valence-electron chi connectivity index (χ0n) is 13.6. The van der Waals surface area contributed by atoms with Gasteiger partial charge in [-0.2, -0.15) is 0 Å². The SMILES string of the molecule is Cn1c([C@H]2CCN(C(=O)c3c(F)cccc3Cl)C2)nc2ccncc21. The predicted molar refractivity (Wildman–Crippen MR) is 93.2 cm³/mol. The first-order valence-electron chi connectivity index (χ1n) is 8.06. The Balaban J connectivity index is 1.61. The van der Waals surface area contributed by atoms with Gasteiger partial charge in [0.25, 0.3) is 5.91 Å². The summed E-state index contributed by atoms with van der Waals surface area (Å²) in [6.45, 7) is 1.05. The van der Waals surface area contributed by atoms with Gasteiger partial charge < -0.3 is 9.47 Å². The lowest BCUT2D eigenvalue weighted by Gasteiger charge is -2.17. The van der Waals surface area contributed by atoms with Gasteiger partial charge in [-0.25, -0.2) is 9.37 Å². The van der Waals surface area contributed by atoms with E-state index in [1.165, 1.54) is 18.2 Å². The monoisotopic (exact) mass is 358 g/mol. The van der Waals surface area contributed by atoms with Crippen molar-refractivity contribution in [1.29, 1.82) is 0 Å². The molecule has 3 heterocycles. The molecule has 0 N–H and O–H groups in total. The summed E-state index contributed by atoms with van der Waals surface area (Å²) in [7, 11) is 1.95. The third-order valence-electron chi connectivity index (χ3n) is 4.73. The smallest absolute Gasteiger partial charge is 0.258 e. The van der Waals surface area contributed by atoms with E-state index in [0.717, 1.165) is 23.3 Å². The first kappa shape index (κ1) is 16.0. The zero-order valence-corrected chi connectivity index (χ0v) is 14.4. The fourth-order valence-corrected chi connectivity index (χ4v) is 3.68. The van der Waals surface area contributed by atoms with Crippen molar-refractivity contribution in [3.05, 3.63) is 58.9 Å². The number of carbonyl (C=O) groups is 1. The number of likely N-dealkylation sites (tertiary alicyclic amines) is 1. The Hall–Kier alpha value is -2.47. The number of halogens is 2. The van der Waals surface area contributed by atoms with Crippen LogP contribution in [0.15, 0.2) is 36.7 Å². The van der Waals surface area contributed by atoms with E-state index in [2.05, 4.69) is 9.97 Å². The lowest BCUT2D eigenvalue weighted by atomic mass is 10.1. The second kappa shape index (κ2) is 6.11. The average Bonchev–Trinajstić information content (AvgIpc) is 3.20. The number of imidazole rings is 1. The third-order valence-corrected chi connectivity index (χ3v) is 5.05. The topological polar surface area (TPSA) is 51.0 Å². The van der Waals surface area contributed by atoms with Crippen LogP contribution in [0.3, 0.4) is 0 Å². The van der Waals surface area contributed by atoms with Gasteiger partial charge >= 0.3 is 0 Å². The van der Waals surface area contributed by atoms with E-state index in [1.54, 1.807) is 17.3 Å². The molecule has 1 aliphatic rings. The number of aromatic nitrogens is 3. The molecule has 0 spiro atoms. The minimum atomic E-state index is -0.588. The van der Waals surface area contributed by atoms with Crippen LogP contribution in [-0.4, -0.2) is 38.4 Å². The van der Waals surface area contributed by atoms with E-state index >= 15 is 0 Å². The van der Waals surface area contributed by atoms with Crippen LogP contribution in [0.25, 0.3) is 11.0 Å². The van der Waals surface area contributed by atoms with Crippen molar-refractivity contribution >= 4 is 28.5 Å². The second-order valence-corrected chi connectivity index (χ2v) is 6.63. The van der Waals surface area contributed by atoms with E-state index < -0.39 is 5.82 Å². The van der Waals surface area contributed by atoms with Gasteiger partial charge in [0.05, 0.1) is 27.8 Å². The molecule has 5 nitrogen and oxygen atoms in total. The molecule has 0 aliphatic carbocycles. The third kappa shape index (κ3) is 2.66. The number of hydrogen-bond donors (Lipinski definition) is 0. The summed E-state index contributed by atoms with van der Waals surface area (Å²) in [6, 6.07) is 6.15. The molecule has 3 aromatic rings. The Bertz CT molecular complexity index is 951. The van der Waals surface area contributed by atoms with Gasteiger partial charge in [0.15, 0.2) is 0 Å². The Morgan fingerprint density at radius 1 is 1.36 bits per heavy atom. The number of benzene rings is 1. The minimum Gasteiger partial charge on any atom is -0.338 e. The van der Waals surface area contributed by atoms with E-state index in [1.807, 2.05) is 17.7 Å². The lowest BCUT2D eigenvalue weighted by Crippen LogP contribution is -2.29. The quantitative estimate of drug-likeness (QED) is 0.705. The van der Waals surface area contributed by atoms with Gasteiger partial charge in [0, 0.05) is 32.3 Å². The van der Waals surface area contributed by atoms with Gasteiger partial charge in [-0.05, 0) is 24.6 Å². The average molecular weight is 359 g/mol. The summed E-state index contributed by atoms with van der Waals surface area (Å²) in [5.74, 6) is 0.0608. The molecule has 0 saturated carbocycles. The number of aryl methyl sites for hydroxylation is 1. The number of carbonyl (C=O) groups excluding carboxylic acids is 1. The number of amides is 1. The van der Waals surface area contributed by atoms with Crippen LogP contribution < -0.4 is 0 Å². The van der Waals surface area contributed by atoms with Crippen molar-refractivity contribution in [2.45, 2.75) is 12.3 Å². The Morgan fingerprint density at radius 3 is 2.96 bits per heavy atom. The summed E-state index contributed by atoms with van der Waals surface area (Å²) < 4.78 is 16.0. The molecule has 1 fully saturated rings. The maximum Gasteiger partial charge on any atom is 0.258 e. The summed E-state index contributed by atoms with van der Waals surface area (Å²) in [6.07, 6.45) is 4.27. The molecule has 4 rings (SSSR count). The summed E-state index contributed by atoms with van der Waals surface area (Å²) >= 11 is 6.02. The Labute approximate surface area is 149 Å². The number of rotatable bonds is 2. The molecule has 0 radical (unpaired) electrons. The summed E-state index contributed by atoms with van der Waals surface area (Å²) in [4.78, 5) is 23.1. The van der Waals surface area contributed by atoms with Crippen LogP contribution in [0.2, 0.25) is 5.02 Å². The molecule has 0 unspecified atom stereocenters. The first-order chi connectivity index (χ1) is 12.1. The number of fused-ring (bicyclic) bond motifs is 1. The fraction of sp³-hybridized carbons (Fsp3) is 0.278. The highest BCUT2D eigenvalue weighted by Gasteiger charge is 2.32. The van der Waals surface area contributed by atoms with Crippen LogP contribution in [-0.2, 0) is 7.05 Å². The van der Waals surface area contributed by atoms with Crippen molar-refractivity contribution in [2.24, 2.45) is 7.05 Å². The number of pyridine rings is 1. The molecule has 2 aromatic heterocycles. The zero-order chi connectivity index (χ0) is 17.6. The highest BCUT2D eigenvalue weighted by molar-refractivity contribution is 6.33. The van der Waals surface area contributed by atoms with Crippen molar-refractivity contribution in [1.82, 2.24) is 19.4 Å². The highest BCUT2D eigenvalue weighted by Crippen LogP contribution is 2.31. The fourth-order valence-electron chi connectivity index (χ4n) is 3.43. The second-order valence-electron chi connectivity index (χ2n) is 6.23. The van der Waals surface area contributed by atoms with Crippen LogP contribution in [0.1, 0.15) is 28.5 Å². The van der Waals surface area contributed by atoms with E-state index in [-0.39, 0.29) is 22.4 Å². The van der Waals surface area contributed by atoms with Gasteiger partial charge in [0.2, 0.25) is 0 Å². The maximum absolute atomic E-state index is 14.0. The summed E-state index contributed by atoms with van der Waals surface area (Å²) in [5, 5.41) is 0.141. The predicted octanol–water partition coefficient (Wildman–Crippen LogP) is 3.39. The van der Waals surface area contributed by atoms with Crippen LogP contribution >= 0.6 is 11.6 Å².